The van der Waals surface area contributed by atoms with Crippen molar-refractivity contribution < 1.29 is 9.13 Å². The molecule has 0 fully saturated rings. The van der Waals surface area contributed by atoms with Crippen molar-refractivity contribution >= 4 is 47.8 Å². The Bertz CT molecular complexity index is 572. The van der Waals surface area contributed by atoms with E-state index in [4.69, 9.17) is 4.74 Å². The molecule has 0 bridgehead atoms. The van der Waals surface area contributed by atoms with Crippen LogP contribution in [-0.2, 0) is 5.33 Å². The highest BCUT2D eigenvalue weighted by Crippen LogP contribution is 2.31. The summed E-state index contributed by atoms with van der Waals surface area (Å²) in [6, 6.07) is 10.4. The first kappa shape index (κ1) is 14.0. The smallest absolute Gasteiger partial charge is 0.141 e. The van der Waals surface area contributed by atoms with Crippen molar-refractivity contribution in [3.63, 3.8) is 0 Å². The molecule has 0 aliphatic carbocycles. The largest absolute Gasteiger partial charge is 0.457 e. The van der Waals surface area contributed by atoms with E-state index in [0.29, 0.717) is 21.3 Å². The van der Waals surface area contributed by atoms with Crippen molar-refractivity contribution in [2.24, 2.45) is 0 Å². The van der Waals surface area contributed by atoms with Gasteiger partial charge in [0.2, 0.25) is 0 Å². The lowest BCUT2D eigenvalue weighted by Crippen LogP contribution is -1.90. The Kier molecular flexibility index (Phi) is 4.81. The fourth-order valence-electron chi connectivity index (χ4n) is 1.42. The molecule has 0 amide bonds. The van der Waals surface area contributed by atoms with Crippen LogP contribution in [0.4, 0.5) is 4.39 Å². The normalized spacial score (nSPS) is 10.4. The van der Waals surface area contributed by atoms with E-state index in [-0.39, 0.29) is 5.82 Å². The SMILES string of the molecule is Fc1cc(Oc2ccc(Br)cc2CBr)ccc1Br. The monoisotopic (exact) mass is 436 g/mol. The molecule has 0 aliphatic rings. The highest BCUT2D eigenvalue weighted by molar-refractivity contribution is 9.10. The summed E-state index contributed by atoms with van der Waals surface area (Å²) in [5.74, 6) is 0.835. The van der Waals surface area contributed by atoms with Crippen LogP contribution in [0.15, 0.2) is 45.3 Å². The van der Waals surface area contributed by atoms with Crippen LogP contribution in [0.5, 0.6) is 11.5 Å². The topological polar surface area (TPSA) is 9.23 Å². The maximum absolute atomic E-state index is 13.4. The molecule has 0 aromatic heterocycles. The lowest BCUT2D eigenvalue weighted by atomic mass is 10.2. The fourth-order valence-corrected chi connectivity index (χ4v) is 2.51. The van der Waals surface area contributed by atoms with Gasteiger partial charge in [0.25, 0.3) is 0 Å². The zero-order valence-electron chi connectivity index (χ0n) is 9.09. The van der Waals surface area contributed by atoms with Crippen LogP contribution in [0.1, 0.15) is 5.56 Å². The van der Waals surface area contributed by atoms with Gasteiger partial charge in [-0.25, -0.2) is 4.39 Å². The number of halogens is 4. The minimum Gasteiger partial charge on any atom is -0.457 e. The highest BCUT2D eigenvalue weighted by atomic mass is 79.9. The van der Waals surface area contributed by atoms with Crippen molar-refractivity contribution in [1.29, 1.82) is 0 Å². The third kappa shape index (κ3) is 3.33. The summed E-state index contributed by atoms with van der Waals surface area (Å²) in [5.41, 5.74) is 0.993. The third-order valence-corrected chi connectivity index (χ3v) is 4.03. The number of alkyl halides is 1. The Hall–Kier alpha value is -0.390. The summed E-state index contributed by atoms with van der Waals surface area (Å²) in [5, 5.41) is 0.667. The minimum absolute atomic E-state index is 0.343. The second-order valence-electron chi connectivity index (χ2n) is 3.56. The summed E-state index contributed by atoms with van der Waals surface area (Å²) in [4.78, 5) is 0. The molecule has 94 valence electrons. The molecule has 0 saturated heterocycles. The molecule has 2 aromatic carbocycles. The molecule has 1 nitrogen and oxygen atoms in total. The summed E-state index contributed by atoms with van der Waals surface area (Å²) in [6.07, 6.45) is 0. The summed E-state index contributed by atoms with van der Waals surface area (Å²) < 4.78 is 20.5. The average Bonchev–Trinajstić information content (AvgIpc) is 2.36. The van der Waals surface area contributed by atoms with Crippen molar-refractivity contribution in [2.45, 2.75) is 5.33 Å². The molecule has 0 spiro atoms. The van der Waals surface area contributed by atoms with Gasteiger partial charge in [-0.15, -0.1) is 0 Å². The van der Waals surface area contributed by atoms with Crippen molar-refractivity contribution in [3.05, 3.63) is 56.7 Å². The quantitative estimate of drug-likeness (QED) is 0.531. The number of ether oxygens (including phenoxy) is 1. The molecule has 0 heterocycles. The van der Waals surface area contributed by atoms with Crippen LogP contribution in [0.2, 0.25) is 0 Å². The van der Waals surface area contributed by atoms with Gasteiger partial charge in [-0.05, 0) is 46.3 Å². The maximum atomic E-state index is 13.4. The van der Waals surface area contributed by atoms with Crippen molar-refractivity contribution in [1.82, 2.24) is 0 Å². The van der Waals surface area contributed by atoms with E-state index in [0.717, 1.165) is 10.0 Å². The lowest BCUT2D eigenvalue weighted by molar-refractivity contribution is 0.472. The predicted molar refractivity (Wildman–Crippen MR) is 80.9 cm³/mol. The van der Waals surface area contributed by atoms with E-state index in [2.05, 4.69) is 47.8 Å². The van der Waals surface area contributed by atoms with E-state index >= 15 is 0 Å². The van der Waals surface area contributed by atoms with Gasteiger partial charge in [0, 0.05) is 21.4 Å². The van der Waals surface area contributed by atoms with Crippen LogP contribution in [-0.4, -0.2) is 0 Å². The minimum atomic E-state index is -0.343. The standard InChI is InChI=1S/C13H8Br3FO/c14-7-8-5-9(15)1-4-13(8)18-10-2-3-11(16)12(17)6-10/h1-6H,7H2. The number of hydrogen-bond donors (Lipinski definition) is 0. The second-order valence-corrected chi connectivity index (χ2v) is 5.89. The van der Waals surface area contributed by atoms with Crippen molar-refractivity contribution in [3.8, 4) is 11.5 Å². The van der Waals surface area contributed by atoms with Gasteiger partial charge in [0.1, 0.15) is 17.3 Å². The molecular weight excluding hydrogens is 431 g/mol. The van der Waals surface area contributed by atoms with Gasteiger partial charge in [-0.1, -0.05) is 31.9 Å². The Morgan fingerprint density at radius 2 is 1.83 bits per heavy atom. The summed E-state index contributed by atoms with van der Waals surface area (Å²) in [6.45, 7) is 0. The summed E-state index contributed by atoms with van der Waals surface area (Å²) in [7, 11) is 0. The predicted octanol–water partition coefficient (Wildman–Crippen LogP) is 6.04. The van der Waals surface area contributed by atoms with E-state index < -0.39 is 0 Å². The van der Waals surface area contributed by atoms with Crippen LogP contribution in [0, 0.1) is 5.82 Å². The molecule has 0 radical (unpaired) electrons. The molecule has 5 heteroatoms. The van der Waals surface area contributed by atoms with E-state index in [1.54, 1.807) is 12.1 Å². The maximum Gasteiger partial charge on any atom is 0.141 e. The highest BCUT2D eigenvalue weighted by Gasteiger charge is 2.07. The van der Waals surface area contributed by atoms with Gasteiger partial charge >= 0.3 is 0 Å². The number of rotatable bonds is 3. The van der Waals surface area contributed by atoms with Crippen LogP contribution in [0.3, 0.4) is 0 Å². The van der Waals surface area contributed by atoms with Crippen LogP contribution < -0.4 is 4.74 Å². The fraction of sp³-hybridized carbons (Fsp3) is 0.0769. The Morgan fingerprint density at radius 1 is 1.06 bits per heavy atom. The molecule has 2 aromatic rings. The Balaban J connectivity index is 2.30. The first-order valence-electron chi connectivity index (χ1n) is 5.07. The molecule has 0 N–H and O–H groups in total. The third-order valence-electron chi connectivity index (χ3n) is 2.29. The van der Waals surface area contributed by atoms with E-state index in [1.165, 1.54) is 6.07 Å². The number of hydrogen-bond acceptors (Lipinski definition) is 1. The summed E-state index contributed by atoms with van der Waals surface area (Å²) >= 11 is 9.91. The average molecular weight is 439 g/mol. The van der Waals surface area contributed by atoms with Crippen LogP contribution >= 0.6 is 47.8 Å². The molecule has 0 saturated carbocycles. The van der Waals surface area contributed by atoms with Gasteiger partial charge < -0.3 is 4.74 Å². The molecule has 2 rings (SSSR count). The number of benzene rings is 2. The Labute approximate surface area is 130 Å². The molecule has 0 aliphatic heterocycles. The van der Waals surface area contributed by atoms with Crippen molar-refractivity contribution in [2.75, 3.05) is 0 Å². The van der Waals surface area contributed by atoms with Gasteiger partial charge in [0.05, 0.1) is 4.47 Å². The van der Waals surface area contributed by atoms with E-state index in [1.807, 2.05) is 18.2 Å². The first-order valence-corrected chi connectivity index (χ1v) is 7.78. The zero-order valence-corrected chi connectivity index (χ0v) is 13.8. The van der Waals surface area contributed by atoms with Gasteiger partial charge in [-0.3, -0.25) is 0 Å². The van der Waals surface area contributed by atoms with E-state index in [9.17, 15) is 4.39 Å². The molecule has 18 heavy (non-hydrogen) atoms. The first-order chi connectivity index (χ1) is 8.60. The molecular formula is C13H8Br3FO. The van der Waals surface area contributed by atoms with Gasteiger partial charge in [-0.2, -0.15) is 0 Å². The molecule has 0 unspecified atom stereocenters. The van der Waals surface area contributed by atoms with Crippen LogP contribution in [0.25, 0.3) is 0 Å². The molecule has 0 atom stereocenters. The Morgan fingerprint density at radius 3 is 2.50 bits per heavy atom. The zero-order chi connectivity index (χ0) is 13.1. The lowest BCUT2D eigenvalue weighted by Gasteiger charge is -2.10. The second kappa shape index (κ2) is 6.17. The van der Waals surface area contributed by atoms with Gasteiger partial charge in [0.15, 0.2) is 0 Å².